The maximum atomic E-state index is 11.7. The Bertz CT molecular complexity index is 591. The fourth-order valence-electron chi connectivity index (χ4n) is 3.52. The Balaban J connectivity index is 1.88. The molecule has 1 aliphatic carbocycles. The Morgan fingerprint density at radius 2 is 2.00 bits per heavy atom. The van der Waals surface area contributed by atoms with Gasteiger partial charge in [-0.25, -0.2) is 0 Å². The molecule has 1 aromatic rings. The maximum absolute atomic E-state index is 11.7. The number of hydrogen-bond donors (Lipinski definition) is 2. The summed E-state index contributed by atoms with van der Waals surface area (Å²) in [5.41, 5.74) is 1.75. The Labute approximate surface area is 151 Å². The normalized spacial score (nSPS) is 20.9. The molecular formula is C20H32N4O. The second-order valence-electron chi connectivity index (χ2n) is 7.19. The topological polar surface area (TPSA) is 56.7 Å². The van der Waals surface area contributed by atoms with Gasteiger partial charge in [0.1, 0.15) is 0 Å². The lowest BCUT2D eigenvalue weighted by molar-refractivity contribution is 0.0963. The summed E-state index contributed by atoms with van der Waals surface area (Å²) in [6.45, 7) is 4.06. The van der Waals surface area contributed by atoms with Crippen LogP contribution in [0.25, 0.3) is 0 Å². The highest BCUT2D eigenvalue weighted by Crippen LogP contribution is 2.28. The van der Waals surface area contributed by atoms with Gasteiger partial charge < -0.3 is 15.5 Å². The summed E-state index contributed by atoms with van der Waals surface area (Å²) in [5, 5.41) is 6.07. The van der Waals surface area contributed by atoms with E-state index >= 15 is 0 Å². The summed E-state index contributed by atoms with van der Waals surface area (Å²) >= 11 is 0. The molecule has 0 spiro atoms. The number of hydrogen-bond acceptors (Lipinski definition) is 2. The third-order valence-electron chi connectivity index (χ3n) is 5.11. The van der Waals surface area contributed by atoms with Crippen molar-refractivity contribution in [2.75, 3.05) is 27.7 Å². The average Bonchev–Trinajstić information content (AvgIpc) is 2.63. The van der Waals surface area contributed by atoms with Crippen LogP contribution in [0, 0.1) is 11.8 Å². The number of carbonyl (C=O) groups excluding carboxylic acids is 1. The standard InChI is InChI=1S/C20H32N4O/c1-15-8-10-16(11-9-15)14-24(4)20(22-3)23-13-17-6-5-7-18(12-17)19(25)21-2/h5-7,12,15-16H,8-11,13-14H2,1-4H3,(H,21,25)(H,22,23). The second kappa shape index (κ2) is 9.44. The first-order chi connectivity index (χ1) is 12.0. The van der Waals surface area contributed by atoms with Gasteiger partial charge in [-0.05, 0) is 42.4 Å². The average molecular weight is 345 g/mol. The summed E-state index contributed by atoms with van der Waals surface area (Å²) < 4.78 is 0. The first kappa shape index (κ1) is 19.3. The van der Waals surface area contributed by atoms with Gasteiger partial charge in [0.15, 0.2) is 5.96 Å². The molecule has 138 valence electrons. The van der Waals surface area contributed by atoms with E-state index in [4.69, 9.17) is 0 Å². The third kappa shape index (κ3) is 5.76. The number of amides is 1. The summed E-state index contributed by atoms with van der Waals surface area (Å²) in [7, 11) is 5.58. The molecule has 2 rings (SSSR count). The molecule has 0 saturated heterocycles. The van der Waals surface area contributed by atoms with Gasteiger partial charge in [0, 0.05) is 39.8 Å². The van der Waals surface area contributed by atoms with E-state index in [0.717, 1.165) is 29.9 Å². The number of carbonyl (C=O) groups is 1. The van der Waals surface area contributed by atoms with Gasteiger partial charge in [-0.3, -0.25) is 9.79 Å². The fraction of sp³-hybridized carbons (Fsp3) is 0.600. The third-order valence-corrected chi connectivity index (χ3v) is 5.11. The van der Waals surface area contributed by atoms with Crippen molar-refractivity contribution in [3.8, 4) is 0 Å². The smallest absolute Gasteiger partial charge is 0.251 e. The molecule has 1 amide bonds. The van der Waals surface area contributed by atoms with Gasteiger partial charge >= 0.3 is 0 Å². The molecule has 0 bridgehead atoms. The first-order valence-electron chi connectivity index (χ1n) is 9.26. The highest BCUT2D eigenvalue weighted by molar-refractivity contribution is 5.94. The van der Waals surface area contributed by atoms with E-state index in [1.165, 1.54) is 25.7 Å². The lowest BCUT2D eigenvalue weighted by Gasteiger charge is -2.31. The Morgan fingerprint density at radius 1 is 1.28 bits per heavy atom. The minimum Gasteiger partial charge on any atom is -0.355 e. The summed E-state index contributed by atoms with van der Waals surface area (Å²) in [5.74, 6) is 2.49. The van der Waals surface area contributed by atoms with E-state index in [9.17, 15) is 4.79 Å². The van der Waals surface area contributed by atoms with Crippen LogP contribution in [0.3, 0.4) is 0 Å². The van der Waals surface area contributed by atoms with Gasteiger partial charge in [0.25, 0.3) is 5.91 Å². The van der Waals surface area contributed by atoms with Crippen molar-refractivity contribution in [2.45, 2.75) is 39.2 Å². The molecule has 1 aliphatic rings. The molecule has 25 heavy (non-hydrogen) atoms. The Morgan fingerprint density at radius 3 is 2.64 bits per heavy atom. The summed E-state index contributed by atoms with van der Waals surface area (Å²) in [4.78, 5) is 18.4. The van der Waals surface area contributed by atoms with Crippen LogP contribution in [0.4, 0.5) is 0 Å². The van der Waals surface area contributed by atoms with Gasteiger partial charge in [0.2, 0.25) is 0 Å². The van der Waals surface area contributed by atoms with Crippen molar-refractivity contribution in [3.05, 3.63) is 35.4 Å². The minimum absolute atomic E-state index is 0.0603. The predicted molar refractivity (Wildman–Crippen MR) is 104 cm³/mol. The molecule has 0 radical (unpaired) electrons. The molecule has 0 aliphatic heterocycles. The van der Waals surface area contributed by atoms with Crippen molar-refractivity contribution in [1.29, 1.82) is 0 Å². The number of benzene rings is 1. The predicted octanol–water partition coefficient (Wildman–Crippen LogP) is 2.88. The zero-order valence-corrected chi connectivity index (χ0v) is 16.0. The molecule has 1 saturated carbocycles. The van der Waals surface area contributed by atoms with Crippen LogP contribution >= 0.6 is 0 Å². The van der Waals surface area contributed by atoms with E-state index in [0.29, 0.717) is 12.1 Å². The van der Waals surface area contributed by atoms with Crippen LogP contribution in [0.5, 0.6) is 0 Å². The summed E-state index contributed by atoms with van der Waals surface area (Å²) in [6, 6.07) is 7.68. The van der Waals surface area contributed by atoms with Gasteiger partial charge in [-0.1, -0.05) is 31.9 Å². The number of guanidine groups is 1. The van der Waals surface area contributed by atoms with Crippen molar-refractivity contribution in [2.24, 2.45) is 16.8 Å². The van der Waals surface area contributed by atoms with Crippen molar-refractivity contribution < 1.29 is 4.79 Å². The van der Waals surface area contributed by atoms with Gasteiger partial charge in [-0.2, -0.15) is 0 Å². The van der Waals surface area contributed by atoms with Crippen LogP contribution in [-0.2, 0) is 6.54 Å². The molecule has 1 aromatic carbocycles. The van der Waals surface area contributed by atoms with E-state index in [2.05, 4.69) is 34.5 Å². The molecule has 5 heteroatoms. The number of nitrogens with zero attached hydrogens (tertiary/aromatic N) is 2. The monoisotopic (exact) mass is 344 g/mol. The molecule has 0 unspecified atom stereocenters. The van der Waals surface area contributed by atoms with Crippen LogP contribution < -0.4 is 10.6 Å². The largest absolute Gasteiger partial charge is 0.355 e. The van der Waals surface area contributed by atoms with Crippen LogP contribution in [0.15, 0.2) is 29.3 Å². The number of aliphatic imine (C=N–C) groups is 1. The molecular weight excluding hydrogens is 312 g/mol. The van der Waals surface area contributed by atoms with Gasteiger partial charge in [-0.15, -0.1) is 0 Å². The molecule has 1 fully saturated rings. The Hall–Kier alpha value is -2.04. The van der Waals surface area contributed by atoms with E-state index in [1.54, 1.807) is 7.05 Å². The maximum Gasteiger partial charge on any atom is 0.251 e. The molecule has 0 atom stereocenters. The quantitative estimate of drug-likeness (QED) is 0.638. The molecule has 5 nitrogen and oxygen atoms in total. The zero-order chi connectivity index (χ0) is 18.2. The van der Waals surface area contributed by atoms with Crippen LogP contribution in [-0.4, -0.2) is 44.5 Å². The zero-order valence-electron chi connectivity index (χ0n) is 16.0. The minimum atomic E-state index is -0.0603. The lowest BCUT2D eigenvalue weighted by Crippen LogP contribution is -2.41. The fourth-order valence-corrected chi connectivity index (χ4v) is 3.52. The van der Waals surface area contributed by atoms with Crippen molar-refractivity contribution in [3.63, 3.8) is 0 Å². The van der Waals surface area contributed by atoms with E-state index in [1.807, 2.05) is 31.3 Å². The van der Waals surface area contributed by atoms with Gasteiger partial charge in [0.05, 0.1) is 0 Å². The SMILES string of the molecule is CN=C(NCc1cccc(C(=O)NC)c1)N(C)CC1CCC(C)CC1. The Kier molecular flexibility index (Phi) is 7.29. The molecule has 2 N–H and O–H groups in total. The van der Waals surface area contributed by atoms with Crippen LogP contribution in [0.2, 0.25) is 0 Å². The highest BCUT2D eigenvalue weighted by Gasteiger charge is 2.20. The number of nitrogens with one attached hydrogen (secondary N) is 2. The second-order valence-corrected chi connectivity index (χ2v) is 7.19. The summed E-state index contributed by atoms with van der Waals surface area (Å²) in [6.07, 6.45) is 5.32. The lowest BCUT2D eigenvalue weighted by atomic mass is 9.83. The van der Waals surface area contributed by atoms with E-state index in [-0.39, 0.29) is 5.91 Å². The number of rotatable bonds is 5. The highest BCUT2D eigenvalue weighted by atomic mass is 16.1. The van der Waals surface area contributed by atoms with E-state index < -0.39 is 0 Å². The van der Waals surface area contributed by atoms with Crippen molar-refractivity contribution in [1.82, 2.24) is 15.5 Å². The van der Waals surface area contributed by atoms with Crippen molar-refractivity contribution >= 4 is 11.9 Å². The molecule has 0 heterocycles. The molecule has 0 aromatic heterocycles. The van der Waals surface area contributed by atoms with Crippen LogP contribution in [0.1, 0.15) is 48.5 Å². The first-order valence-corrected chi connectivity index (χ1v) is 9.26.